The summed E-state index contributed by atoms with van der Waals surface area (Å²) in [5, 5.41) is 10.3. The molecule has 3 aromatic rings. The molecule has 0 atom stereocenters. The standard InChI is InChI=1S/C19H20N4O2/c1-21-13-16(15-4-2-3-5-17(15)21)19(25)23-10-8-22(9-11-23)18-7-6-14(24)12-20-18/h2-7,12-13,24H,8-11H2,1H3. The van der Waals surface area contributed by atoms with Crippen molar-refractivity contribution in [3.8, 4) is 5.75 Å². The fourth-order valence-electron chi connectivity index (χ4n) is 3.39. The summed E-state index contributed by atoms with van der Waals surface area (Å²) in [4.78, 5) is 21.2. The molecule has 1 fully saturated rings. The molecule has 1 aliphatic rings. The Kier molecular flexibility index (Phi) is 3.80. The molecule has 4 rings (SSSR count). The summed E-state index contributed by atoms with van der Waals surface area (Å²) in [6.45, 7) is 2.78. The number of amides is 1. The fourth-order valence-corrected chi connectivity index (χ4v) is 3.39. The van der Waals surface area contributed by atoms with Crippen LogP contribution in [0.15, 0.2) is 48.8 Å². The summed E-state index contributed by atoms with van der Waals surface area (Å²) in [7, 11) is 1.97. The maximum atomic E-state index is 13.0. The van der Waals surface area contributed by atoms with Gasteiger partial charge in [0.25, 0.3) is 5.91 Å². The molecule has 6 heteroatoms. The van der Waals surface area contributed by atoms with Gasteiger partial charge in [-0.2, -0.15) is 0 Å². The van der Waals surface area contributed by atoms with E-state index < -0.39 is 0 Å². The number of piperazine rings is 1. The second kappa shape index (κ2) is 6.12. The highest BCUT2D eigenvalue weighted by Gasteiger charge is 2.25. The third kappa shape index (κ3) is 2.80. The van der Waals surface area contributed by atoms with Crippen LogP contribution < -0.4 is 4.90 Å². The van der Waals surface area contributed by atoms with E-state index in [0.717, 1.165) is 35.4 Å². The zero-order chi connectivity index (χ0) is 17.4. The summed E-state index contributed by atoms with van der Waals surface area (Å²) < 4.78 is 2.00. The van der Waals surface area contributed by atoms with Crippen molar-refractivity contribution in [2.24, 2.45) is 7.05 Å². The van der Waals surface area contributed by atoms with Gasteiger partial charge in [0.2, 0.25) is 0 Å². The highest BCUT2D eigenvalue weighted by Crippen LogP contribution is 2.23. The molecule has 128 valence electrons. The second-order valence-corrected chi connectivity index (χ2v) is 6.32. The Balaban J connectivity index is 1.50. The molecule has 0 radical (unpaired) electrons. The van der Waals surface area contributed by atoms with E-state index in [1.165, 1.54) is 6.20 Å². The number of rotatable bonds is 2. The predicted molar refractivity (Wildman–Crippen MR) is 96.9 cm³/mol. The summed E-state index contributed by atoms with van der Waals surface area (Å²) in [6.07, 6.45) is 3.36. The number of carbonyl (C=O) groups is 1. The SMILES string of the molecule is Cn1cc(C(=O)N2CCN(c3ccc(O)cn3)CC2)c2ccccc21. The van der Waals surface area contributed by atoms with Crippen LogP contribution in [-0.4, -0.2) is 51.6 Å². The van der Waals surface area contributed by atoms with Crippen LogP contribution in [0.1, 0.15) is 10.4 Å². The van der Waals surface area contributed by atoms with Gasteiger partial charge in [0, 0.05) is 50.3 Å². The van der Waals surface area contributed by atoms with E-state index in [4.69, 9.17) is 0 Å². The van der Waals surface area contributed by atoms with E-state index in [0.29, 0.717) is 13.1 Å². The van der Waals surface area contributed by atoms with Gasteiger partial charge in [0.1, 0.15) is 11.6 Å². The highest BCUT2D eigenvalue weighted by molar-refractivity contribution is 6.07. The van der Waals surface area contributed by atoms with Crippen LogP contribution in [0.3, 0.4) is 0 Å². The van der Waals surface area contributed by atoms with E-state index in [1.807, 2.05) is 47.0 Å². The maximum Gasteiger partial charge on any atom is 0.256 e. The van der Waals surface area contributed by atoms with Crippen LogP contribution >= 0.6 is 0 Å². The van der Waals surface area contributed by atoms with Crippen molar-refractivity contribution in [2.75, 3.05) is 31.1 Å². The third-order valence-electron chi connectivity index (χ3n) is 4.75. The summed E-state index contributed by atoms with van der Waals surface area (Å²) in [6, 6.07) is 11.4. The number of aryl methyl sites for hydroxylation is 1. The van der Waals surface area contributed by atoms with Crippen LogP contribution in [0, 0.1) is 0 Å². The molecule has 0 bridgehead atoms. The Labute approximate surface area is 145 Å². The molecule has 1 saturated heterocycles. The summed E-state index contributed by atoms with van der Waals surface area (Å²) in [5.41, 5.74) is 1.83. The molecule has 25 heavy (non-hydrogen) atoms. The van der Waals surface area contributed by atoms with Crippen molar-refractivity contribution in [3.05, 3.63) is 54.4 Å². The minimum absolute atomic E-state index is 0.0788. The summed E-state index contributed by atoms with van der Waals surface area (Å²) in [5.74, 6) is 1.07. The van der Waals surface area contributed by atoms with E-state index in [-0.39, 0.29) is 11.7 Å². The Morgan fingerprint density at radius 1 is 1.08 bits per heavy atom. The first-order valence-corrected chi connectivity index (χ1v) is 8.37. The molecule has 0 aliphatic carbocycles. The number of hydrogen-bond acceptors (Lipinski definition) is 4. The molecule has 2 aromatic heterocycles. The second-order valence-electron chi connectivity index (χ2n) is 6.32. The topological polar surface area (TPSA) is 61.6 Å². The first-order valence-electron chi connectivity index (χ1n) is 8.37. The lowest BCUT2D eigenvalue weighted by Crippen LogP contribution is -2.49. The van der Waals surface area contributed by atoms with E-state index in [1.54, 1.807) is 12.1 Å². The van der Waals surface area contributed by atoms with Crippen molar-refractivity contribution in [2.45, 2.75) is 0 Å². The number of aromatic nitrogens is 2. The number of carbonyl (C=O) groups excluding carboxylic acids is 1. The van der Waals surface area contributed by atoms with Gasteiger partial charge in [-0.15, -0.1) is 0 Å². The monoisotopic (exact) mass is 336 g/mol. The average Bonchev–Trinajstić information content (AvgIpc) is 2.99. The van der Waals surface area contributed by atoms with Crippen LogP contribution in [0.4, 0.5) is 5.82 Å². The third-order valence-corrected chi connectivity index (χ3v) is 4.75. The molecule has 1 amide bonds. The predicted octanol–water partition coefficient (Wildman–Crippen LogP) is 2.24. The lowest BCUT2D eigenvalue weighted by atomic mass is 10.1. The number of fused-ring (bicyclic) bond motifs is 1. The number of benzene rings is 1. The lowest BCUT2D eigenvalue weighted by Gasteiger charge is -2.35. The molecule has 1 aliphatic heterocycles. The zero-order valence-electron chi connectivity index (χ0n) is 14.1. The Morgan fingerprint density at radius 3 is 2.56 bits per heavy atom. The van der Waals surface area contributed by atoms with Crippen molar-refractivity contribution in [1.82, 2.24) is 14.5 Å². The first kappa shape index (κ1) is 15.5. The fraction of sp³-hybridized carbons (Fsp3) is 0.263. The molecule has 1 N–H and O–H groups in total. The molecule has 0 spiro atoms. The average molecular weight is 336 g/mol. The van der Waals surface area contributed by atoms with Gasteiger partial charge in [-0.25, -0.2) is 4.98 Å². The van der Waals surface area contributed by atoms with E-state index >= 15 is 0 Å². The van der Waals surface area contributed by atoms with Gasteiger partial charge in [-0.1, -0.05) is 18.2 Å². The molecule has 6 nitrogen and oxygen atoms in total. The van der Waals surface area contributed by atoms with Crippen LogP contribution in [-0.2, 0) is 7.05 Å². The molecular weight excluding hydrogens is 316 g/mol. The Hall–Kier alpha value is -3.02. The van der Waals surface area contributed by atoms with Crippen molar-refractivity contribution >= 4 is 22.6 Å². The normalized spacial score (nSPS) is 14.9. The first-order chi connectivity index (χ1) is 12.1. The van der Waals surface area contributed by atoms with Gasteiger partial charge in [0.15, 0.2) is 0 Å². The highest BCUT2D eigenvalue weighted by atomic mass is 16.3. The van der Waals surface area contributed by atoms with Gasteiger partial charge in [-0.3, -0.25) is 4.79 Å². The van der Waals surface area contributed by atoms with Crippen molar-refractivity contribution < 1.29 is 9.90 Å². The quantitative estimate of drug-likeness (QED) is 0.780. The van der Waals surface area contributed by atoms with Gasteiger partial charge < -0.3 is 19.5 Å². The van der Waals surface area contributed by atoms with Gasteiger partial charge in [-0.05, 0) is 18.2 Å². The lowest BCUT2D eigenvalue weighted by molar-refractivity contribution is 0.0748. The molecule has 0 saturated carbocycles. The molecule has 3 heterocycles. The Morgan fingerprint density at radius 2 is 1.84 bits per heavy atom. The van der Waals surface area contributed by atoms with Gasteiger partial charge in [0.05, 0.1) is 11.8 Å². The van der Waals surface area contributed by atoms with Gasteiger partial charge >= 0.3 is 0 Å². The summed E-state index contributed by atoms with van der Waals surface area (Å²) >= 11 is 0. The number of aromatic hydroxyl groups is 1. The van der Waals surface area contributed by atoms with Crippen LogP contribution in [0.2, 0.25) is 0 Å². The molecular formula is C19H20N4O2. The largest absolute Gasteiger partial charge is 0.506 e. The van der Waals surface area contributed by atoms with Crippen LogP contribution in [0.25, 0.3) is 10.9 Å². The van der Waals surface area contributed by atoms with Crippen molar-refractivity contribution in [3.63, 3.8) is 0 Å². The van der Waals surface area contributed by atoms with E-state index in [2.05, 4.69) is 9.88 Å². The number of nitrogens with zero attached hydrogens (tertiary/aromatic N) is 4. The number of pyridine rings is 1. The Bertz CT molecular complexity index is 909. The molecule has 0 unspecified atom stereocenters. The maximum absolute atomic E-state index is 13.0. The van der Waals surface area contributed by atoms with Crippen LogP contribution in [0.5, 0.6) is 5.75 Å². The minimum Gasteiger partial charge on any atom is -0.506 e. The number of anilines is 1. The molecule has 1 aromatic carbocycles. The number of para-hydroxylation sites is 1. The zero-order valence-corrected chi connectivity index (χ0v) is 14.1. The van der Waals surface area contributed by atoms with E-state index in [9.17, 15) is 9.90 Å². The smallest absolute Gasteiger partial charge is 0.256 e. The number of hydrogen-bond donors (Lipinski definition) is 1. The minimum atomic E-state index is 0.0788. The van der Waals surface area contributed by atoms with Crippen molar-refractivity contribution in [1.29, 1.82) is 0 Å².